The highest BCUT2D eigenvalue weighted by Gasteiger charge is 2.32. The highest BCUT2D eigenvalue weighted by Crippen LogP contribution is 2.34. The topological polar surface area (TPSA) is 75.4 Å². The Morgan fingerprint density at radius 3 is 2.47 bits per heavy atom. The van der Waals surface area contributed by atoms with Crippen LogP contribution in [0.5, 0.6) is 0 Å². The van der Waals surface area contributed by atoms with Crippen molar-refractivity contribution >= 4 is 23.5 Å². The van der Waals surface area contributed by atoms with E-state index in [9.17, 15) is 9.18 Å². The molecule has 2 aromatic carbocycles. The Bertz CT molecular complexity index is 1060. The maximum Gasteiger partial charge on any atom is 0.261 e. The highest BCUT2D eigenvalue weighted by molar-refractivity contribution is 6.06. The van der Waals surface area contributed by atoms with Crippen LogP contribution in [0.25, 0.3) is 0 Å². The van der Waals surface area contributed by atoms with E-state index in [-0.39, 0.29) is 18.3 Å². The minimum Gasteiger partial charge on any atom is -0.386 e. The number of fused-ring (bicyclic) bond motifs is 1. The molecule has 1 aliphatic heterocycles. The Morgan fingerprint density at radius 2 is 1.74 bits per heavy atom. The number of nitrogens with one attached hydrogen (secondary N) is 1. The first-order chi connectivity index (χ1) is 16.6. The smallest absolute Gasteiger partial charge is 0.261 e. The lowest BCUT2D eigenvalue weighted by Gasteiger charge is -2.32. The monoisotopic (exact) mass is 461 g/mol. The lowest BCUT2D eigenvalue weighted by atomic mass is 9.74. The molecule has 0 radical (unpaired) electrons. The molecule has 2 unspecified atom stereocenters. The van der Waals surface area contributed by atoms with E-state index < -0.39 is 0 Å². The van der Waals surface area contributed by atoms with Crippen molar-refractivity contribution in [1.82, 2.24) is 5.32 Å². The second-order valence-electron chi connectivity index (χ2n) is 8.96. The van der Waals surface area contributed by atoms with Crippen molar-refractivity contribution in [1.29, 1.82) is 0 Å². The van der Waals surface area contributed by atoms with Gasteiger partial charge in [0.05, 0.1) is 11.9 Å². The molecule has 2 aromatic rings. The molecule has 1 saturated carbocycles. The maximum absolute atomic E-state index is 12.9. The van der Waals surface area contributed by atoms with Gasteiger partial charge in [0.15, 0.2) is 6.61 Å². The minimum absolute atomic E-state index is 0.187. The van der Waals surface area contributed by atoms with E-state index in [0.29, 0.717) is 23.9 Å². The molecule has 34 heavy (non-hydrogen) atoms. The van der Waals surface area contributed by atoms with Crippen LogP contribution < -0.4 is 5.32 Å². The number of carbonyl (C=O) groups excluding carboxylic acids is 1. The maximum atomic E-state index is 12.9. The van der Waals surface area contributed by atoms with Crippen molar-refractivity contribution in [3.63, 3.8) is 0 Å². The van der Waals surface area contributed by atoms with Crippen LogP contribution in [-0.4, -0.2) is 30.2 Å². The fourth-order valence-corrected chi connectivity index (χ4v) is 4.65. The van der Waals surface area contributed by atoms with Gasteiger partial charge >= 0.3 is 0 Å². The van der Waals surface area contributed by atoms with Crippen molar-refractivity contribution in [3.8, 4) is 0 Å². The van der Waals surface area contributed by atoms with Gasteiger partial charge in [-0.25, -0.2) is 4.39 Å². The Kier molecular flexibility index (Phi) is 8.17. The largest absolute Gasteiger partial charge is 0.386 e. The lowest BCUT2D eigenvalue weighted by Crippen LogP contribution is -2.33. The van der Waals surface area contributed by atoms with Gasteiger partial charge < -0.3 is 10.2 Å². The Balaban J connectivity index is 1.28. The normalized spacial score (nSPS) is 20.5. The van der Waals surface area contributed by atoms with Gasteiger partial charge in [0.1, 0.15) is 5.82 Å². The first-order valence-electron chi connectivity index (χ1n) is 12.0. The van der Waals surface area contributed by atoms with Gasteiger partial charge in [0.25, 0.3) is 5.91 Å². The van der Waals surface area contributed by atoms with Crippen LogP contribution >= 0.6 is 0 Å². The SMILES string of the molecule is CC1=NN=C(c2ccc(CNC(=O)CO/N=C/c3ccc([18F])cc3)cc2)C2CCCCCCC12. The number of benzene rings is 2. The number of amides is 1. The molecule has 1 heterocycles. The summed E-state index contributed by atoms with van der Waals surface area (Å²) in [6.07, 6.45) is 8.92. The molecule has 6 nitrogen and oxygen atoms in total. The molecule has 0 bridgehead atoms. The third-order valence-corrected chi connectivity index (χ3v) is 6.55. The molecular weight excluding hydrogens is 430 g/mol. The zero-order valence-corrected chi connectivity index (χ0v) is 19.5. The average Bonchev–Trinajstić information content (AvgIpc) is 2.83. The first-order valence-corrected chi connectivity index (χ1v) is 12.0. The number of halogens is 1. The zero-order valence-electron chi connectivity index (χ0n) is 19.5. The highest BCUT2D eigenvalue weighted by atomic mass is 18.2. The number of carbonyl (C=O) groups is 1. The van der Waals surface area contributed by atoms with Gasteiger partial charge in [-0.2, -0.15) is 10.2 Å². The third kappa shape index (κ3) is 6.37. The van der Waals surface area contributed by atoms with Crippen LogP contribution in [0.3, 0.4) is 0 Å². The molecule has 1 aliphatic carbocycles. The molecule has 0 aromatic heterocycles. The molecule has 2 atom stereocenters. The minimum atomic E-state index is -0.315. The Hall–Kier alpha value is -3.35. The van der Waals surface area contributed by atoms with Crippen molar-refractivity contribution in [2.24, 2.45) is 27.2 Å². The van der Waals surface area contributed by atoms with Gasteiger partial charge in [0.2, 0.25) is 0 Å². The molecule has 0 spiro atoms. The first kappa shape index (κ1) is 23.8. The summed E-state index contributed by atoms with van der Waals surface area (Å²) in [6, 6.07) is 14.0. The number of hydrogen-bond acceptors (Lipinski definition) is 5. The molecule has 178 valence electrons. The van der Waals surface area contributed by atoms with Gasteiger partial charge in [-0.15, -0.1) is 0 Å². The van der Waals surface area contributed by atoms with Crippen LogP contribution in [0, 0.1) is 17.7 Å². The van der Waals surface area contributed by atoms with Crippen LogP contribution in [-0.2, 0) is 16.2 Å². The summed E-state index contributed by atoms with van der Waals surface area (Å²) in [6.45, 7) is 2.33. The van der Waals surface area contributed by atoms with E-state index in [1.807, 2.05) is 12.1 Å². The average molecular weight is 462 g/mol. The van der Waals surface area contributed by atoms with Gasteiger partial charge in [0, 0.05) is 24.1 Å². The van der Waals surface area contributed by atoms with Gasteiger partial charge in [-0.05, 0) is 48.6 Å². The Morgan fingerprint density at radius 1 is 1.03 bits per heavy atom. The van der Waals surface area contributed by atoms with E-state index in [0.717, 1.165) is 23.3 Å². The lowest BCUT2D eigenvalue weighted by molar-refractivity contribution is -0.125. The van der Waals surface area contributed by atoms with E-state index in [4.69, 9.17) is 4.84 Å². The van der Waals surface area contributed by atoms with Crippen LogP contribution in [0.15, 0.2) is 63.9 Å². The molecule has 1 N–H and O–H groups in total. The molecule has 0 saturated heterocycles. The molecule has 7 heteroatoms. The number of rotatable bonds is 7. The van der Waals surface area contributed by atoms with Gasteiger partial charge in [-0.3, -0.25) is 4.79 Å². The van der Waals surface area contributed by atoms with E-state index in [1.54, 1.807) is 12.1 Å². The van der Waals surface area contributed by atoms with Crippen molar-refractivity contribution in [2.75, 3.05) is 6.61 Å². The third-order valence-electron chi connectivity index (χ3n) is 6.55. The van der Waals surface area contributed by atoms with E-state index in [1.165, 1.54) is 56.2 Å². The standard InChI is InChI=1S/C27H31FN4O2/c1-19-24-6-4-2-3-5-7-25(24)27(32-31-19)22-12-8-20(9-13-22)16-29-26(33)18-34-30-17-21-10-14-23(28)15-11-21/h8-15,17,24-25H,2-7,16,18H2,1H3,(H,29,33)/b30-17+/i28-1. The summed E-state index contributed by atoms with van der Waals surface area (Å²) in [4.78, 5) is 17.1. The summed E-state index contributed by atoms with van der Waals surface area (Å²) >= 11 is 0. The number of oxime groups is 1. The van der Waals surface area contributed by atoms with Crippen LogP contribution in [0.1, 0.15) is 62.1 Å². The summed E-state index contributed by atoms with van der Waals surface area (Å²) < 4.78 is 12.9. The number of hydrogen-bond donors (Lipinski definition) is 1. The van der Waals surface area contributed by atoms with Crippen molar-refractivity contribution in [2.45, 2.75) is 52.0 Å². The summed E-state index contributed by atoms with van der Waals surface area (Å²) in [5.74, 6) is 0.359. The van der Waals surface area contributed by atoms with Crippen molar-refractivity contribution in [3.05, 3.63) is 71.0 Å². The number of nitrogens with zero attached hydrogens (tertiary/aromatic N) is 3. The van der Waals surface area contributed by atoms with E-state index >= 15 is 0 Å². The second-order valence-corrected chi connectivity index (χ2v) is 8.96. The molecule has 1 fully saturated rings. The van der Waals surface area contributed by atoms with Gasteiger partial charge in [-0.1, -0.05) is 67.2 Å². The molecule has 4 rings (SSSR count). The zero-order chi connectivity index (χ0) is 23.8. The second kappa shape index (κ2) is 11.7. The fraction of sp³-hybridized carbons (Fsp3) is 0.407. The predicted molar refractivity (Wildman–Crippen MR) is 133 cm³/mol. The summed E-state index contributed by atoms with van der Waals surface area (Å²) in [7, 11) is 0. The summed E-state index contributed by atoms with van der Waals surface area (Å²) in [5, 5.41) is 15.7. The quantitative estimate of drug-likeness (QED) is 0.451. The molecule has 2 aliphatic rings. The van der Waals surface area contributed by atoms with Crippen molar-refractivity contribution < 1.29 is 14.0 Å². The molecular formula is C27H31FN4O2. The van der Waals surface area contributed by atoms with E-state index in [2.05, 4.69) is 39.7 Å². The Labute approximate surface area is 200 Å². The fourth-order valence-electron chi connectivity index (χ4n) is 4.65. The predicted octanol–water partition coefficient (Wildman–Crippen LogP) is 5.26. The molecule has 1 amide bonds. The summed E-state index contributed by atoms with van der Waals surface area (Å²) in [5.41, 5.74) is 5.06. The van der Waals surface area contributed by atoms with Crippen LogP contribution in [0.4, 0.5) is 4.39 Å². The van der Waals surface area contributed by atoms with Crippen LogP contribution in [0.2, 0.25) is 0 Å².